The Bertz CT molecular complexity index is 487. The number of rotatable bonds is 9. The van der Waals surface area contributed by atoms with Gasteiger partial charge in [-0.15, -0.1) is 0 Å². The highest BCUT2D eigenvalue weighted by atomic mass is 79.9. The lowest BCUT2D eigenvalue weighted by Gasteiger charge is -2.04. The smallest absolute Gasteiger partial charge is 0.244 e. The van der Waals surface area contributed by atoms with E-state index in [0.29, 0.717) is 31.9 Å². The van der Waals surface area contributed by atoms with Gasteiger partial charge >= 0.3 is 0 Å². The van der Waals surface area contributed by atoms with Crippen molar-refractivity contribution in [3.05, 3.63) is 16.5 Å². The van der Waals surface area contributed by atoms with Crippen molar-refractivity contribution >= 4 is 26.0 Å². The molecule has 0 atom stereocenters. The lowest BCUT2D eigenvalue weighted by molar-refractivity contribution is 0.196. The zero-order valence-electron chi connectivity index (χ0n) is 11.0. The molecule has 0 radical (unpaired) electrons. The van der Waals surface area contributed by atoms with Gasteiger partial charge in [0.05, 0.1) is 6.54 Å². The van der Waals surface area contributed by atoms with E-state index in [4.69, 9.17) is 9.15 Å². The molecule has 8 heteroatoms. The van der Waals surface area contributed by atoms with Crippen LogP contribution in [0.4, 0.5) is 0 Å². The molecule has 0 spiro atoms. The maximum absolute atomic E-state index is 12.0. The fourth-order valence-electron chi connectivity index (χ4n) is 1.42. The van der Waals surface area contributed by atoms with Gasteiger partial charge in [-0.2, -0.15) is 0 Å². The van der Waals surface area contributed by atoms with Crippen LogP contribution in [0, 0.1) is 0 Å². The summed E-state index contributed by atoms with van der Waals surface area (Å²) < 4.78 is 37.0. The van der Waals surface area contributed by atoms with Crippen LogP contribution in [0.2, 0.25) is 0 Å². The Morgan fingerprint density at radius 3 is 2.84 bits per heavy atom. The molecule has 1 aromatic rings. The third-order valence-electron chi connectivity index (χ3n) is 2.36. The Hall–Kier alpha value is -0.410. The molecule has 0 saturated heterocycles. The first-order valence-corrected chi connectivity index (χ1v) is 8.26. The minimum atomic E-state index is -3.55. The third kappa shape index (κ3) is 5.23. The second-order valence-electron chi connectivity index (χ2n) is 3.88. The van der Waals surface area contributed by atoms with Gasteiger partial charge in [0.2, 0.25) is 10.0 Å². The maximum atomic E-state index is 12.0. The van der Waals surface area contributed by atoms with Crippen molar-refractivity contribution in [3.8, 4) is 0 Å². The van der Waals surface area contributed by atoms with E-state index in [0.717, 1.165) is 6.54 Å². The van der Waals surface area contributed by atoms with Crippen LogP contribution < -0.4 is 10.0 Å². The van der Waals surface area contributed by atoms with Crippen molar-refractivity contribution in [3.63, 3.8) is 0 Å². The molecule has 0 unspecified atom stereocenters. The number of furan rings is 1. The lowest BCUT2D eigenvalue weighted by Crippen LogP contribution is -2.25. The molecule has 0 aliphatic rings. The summed E-state index contributed by atoms with van der Waals surface area (Å²) in [4.78, 5) is 0.123. The molecule has 0 saturated carbocycles. The summed E-state index contributed by atoms with van der Waals surface area (Å²) in [5.41, 5.74) is 0. The SMILES string of the molecule is CCNCc1cc(S(=O)(=O)NCCCOC)c(Br)o1. The molecule has 0 aromatic carbocycles. The van der Waals surface area contributed by atoms with Crippen molar-refractivity contribution in [2.24, 2.45) is 0 Å². The Balaban J connectivity index is 2.69. The first-order chi connectivity index (χ1) is 9.01. The Morgan fingerprint density at radius 2 is 2.21 bits per heavy atom. The van der Waals surface area contributed by atoms with Crippen molar-refractivity contribution in [1.82, 2.24) is 10.0 Å². The summed E-state index contributed by atoms with van der Waals surface area (Å²) in [6, 6.07) is 1.52. The van der Waals surface area contributed by atoms with Gasteiger partial charge in [0, 0.05) is 26.3 Å². The van der Waals surface area contributed by atoms with E-state index in [1.807, 2.05) is 6.92 Å². The maximum Gasteiger partial charge on any atom is 0.244 e. The van der Waals surface area contributed by atoms with Crippen LogP contribution in [-0.2, 0) is 21.3 Å². The van der Waals surface area contributed by atoms with Crippen LogP contribution in [0.5, 0.6) is 0 Å². The van der Waals surface area contributed by atoms with Crippen LogP contribution in [-0.4, -0.2) is 35.2 Å². The van der Waals surface area contributed by atoms with Gasteiger partial charge in [-0.05, 0) is 28.9 Å². The van der Waals surface area contributed by atoms with E-state index < -0.39 is 10.0 Å². The molecule has 0 aliphatic carbocycles. The number of ether oxygens (including phenoxy) is 1. The van der Waals surface area contributed by atoms with Crippen LogP contribution in [0.15, 0.2) is 20.0 Å². The fraction of sp³-hybridized carbons (Fsp3) is 0.636. The van der Waals surface area contributed by atoms with Crippen molar-refractivity contribution in [2.45, 2.75) is 24.8 Å². The highest BCUT2D eigenvalue weighted by Gasteiger charge is 2.21. The average Bonchev–Trinajstić information content (AvgIpc) is 2.74. The number of nitrogens with one attached hydrogen (secondary N) is 2. The molecule has 0 aliphatic heterocycles. The van der Waals surface area contributed by atoms with Crippen LogP contribution in [0.3, 0.4) is 0 Å². The summed E-state index contributed by atoms with van der Waals surface area (Å²) in [5.74, 6) is 0.575. The summed E-state index contributed by atoms with van der Waals surface area (Å²) in [6.07, 6.45) is 0.620. The Labute approximate surface area is 122 Å². The number of hydrogen-bond donors (Lipinski definition) is 2. The zero-order valence-corrected chi connectivity index (χ0v) is 13.4. The van der Waals surface area contributed by atoms with E-state index in [1.54, 1.807) is 7.11 Å². The van der Waals surface area contributed by atoms with Gasteiger partial charge < -0.3 is 14.5 Å². The molecule has 0 fully saturated rings. The molecule has 0 amide bonds. The molecule has 2 N–H and O–H groups in total. The number of hydrogen-bond acceptors (Lipinski definition) is 5. The topological polar surface area (TPSA) is 80.6 Å². The van der Waals surface area contributed by atoms with Gasteiger partial charge in [-0.3, -0.25) is 0 Å². The zero-order chi connectivity index (χ0) is 14.3. The second-order valence-corrected chi connectivity index (χ2v) is 6.33. The van der Waals surface area contributed by atoms with Gasteiger partial charge in [0.1, 0.15) is 10.7 Å². The number of methoxy groups -OCH3 is 1. The van der Waals surface area contributed by atoms with Gasteiger partial charge in [0.15, 0.2) is 4.67 Å². The molecule has 0 bridgehead atoms. The fourth-order valence-corrected chi connectivity index (χ4v) is 3.49. The van der Waals surface area contributed by atoms with Crippen molar-refractivity contribution in [1.29, 1.82) is 0 Å². The first-order valence-electron chi connectivity index (χ1n) is 5.98. The van der Waals surface area contributed by atoms with Gasteiger partial charge in [-0.1, -0.05) is 6.92 Å². The molecule has 110 valence electrons. The predicted molar refractivity (Wildman–Crippen MR) is 75.5 cm³/mol. The Kier molecular flexibility index (Phi) is 7.01. The molecule has 1 heterocycles. The van der Waals surface area contributed by atoms with Crippen LogP contribution in [0.25, 0.3) is 0 Å². The largest absolute Gasteiger partial charge is 0.452 e. The highest BCUT2D eigenvalue weighted by Crippen LogP contribution is 2.25. The molecule has 6 nitrogen and oxygen atoms in total. The van der Waals surface area contributed by atoms with Gasteiger partial charge in [-0.25, -0.2) is 13.1 Å². The molecular formula is C11H19BrN2O4S. The molecular weight excluding hydrogens is 336 g/mol. The van der Waals surface area contributed by atoms with Crippen LogP contribution >= 0.6 is 15.9 Å². The molecule has 19 heavy (non-hydrogen) atoms. The summed E-state index contributed by atoms with van der Waals surface area (Å²) in [6.45, 7) is 4.09. The van der Waals surface area contributed by atoms with Crippen molar-refractivity contribution < 1.29 is 17.6 Å². The van der Waals surface area contributed by atoms with E-state index in [1.165, 1.54) is 6.07 Å². The van der Waals surface area contributed by atoms with E-state index in [2.05, 4.69) is 26.0 Å². The molecule has 1 rings (SSSR count). The normalized spacial score (nSPS) is 11.9. The van der Waals surface area contributed by atoms with E-state index >= 15 is 0 Å². The standard InChI is InChI=1S/C11H19BrN2O4S/c1-3-13-8-9-7-10(11(12)18-9)19(15,16)14-5-4-6-17-2/h7,13-14H,3-6,8H2,1-2H3. The average molecular weight is 355 g/mol. The minimum Gasteiger partial charge on any atom is -0.452 e. The summed E-state index contributed by atoms with van der Waals surface area (Å²) >= 11 is 3.13. The first kappa shape index (κ1) is 16.6. The van der Waals surface area contributed by atoms with Gasteiger partial charge in [0.25, 0.3) is 0 Å². The minimum absolute atomic E-state index is 0.123. The quantitative estimate of drug-likeness (QED) is 0.656. The Morgan fingerprint density at radius 1 is 1.47 bits per heavy atom. The third-order valence-corrected chi connectivity index (χ3v) is 4.68. The van der Waals surface area contributed by atoms with E-state index in [-0.39, 0.29) is 9.56 Å². The monoisotopic (exact) mass is 354 g/mol. The number of sulfonamides is 1. The molecule has 1 aromatic heterocycles. The van der Waals surface area contributed by atoms with Crippen LogP contribution in [0.1, 0.15) is 19.1 Å². The predicted octanol–water partition coefficient (Wildman–Crippen LogP) is 1.47. The summed E-state index contributed by atoms with van der Waals surface area (Å²) in [7, 11) is -1.97. The van der Waals surface area contributed by atoms with E-state index in [9.17, 15) is 8.42 Å². The second kappa shape index (κ2) is 8.01. The highest BCUT2D eigenvalue weighted by molar-refractivity contribution is 9.10. The van der Waals surface area contributed by atoms with Crippen molar-refractivity contribution in [2.75, 3.05) is 26.8 Å². The lowest BCUT2D eigenvalue weighted by atomic mass is 10.4. The summed E-state index contributed by atoms with van der Waals surface area (Å²) in [5, 5.41) is 3.07. The number of halogens is 1.